The first-order valence-corrected chi connectivity index (χ1v) is 16.6. The van der Waals surface area contributed by atoms with E-state index in [9.17, 15) is 18.4 Å². The molecule has 1 amide bonds. The lowest BCUT2D eigenvalue weighted by Crippen LogP contribution is -2.48. The van der Waals surface area contributed by atoms with Gasteiger partial charge >= 0.3 is 12.1 Å². The highest BCUT2D eigenvalue weighted by Gasteiger charge is 2.74. The highest BCUT2D eigenvalue weighted by Crippen LogP contribution is 2.67. The number of halogens is 3. The number of ether oxygens (including phenoxy) is 3. The zero-order chi connectivity index (χ0) is 27.8. The van der Waals surface area contributed by atoms with Gasteiger partial charge in [0.05, 0.1) is 7.11 Å². The van der Waals surface area contributed by atoms with Crippen LogP contribution in [0.1, 0.15) is 32.8 Å². The number of nitrogens with zero attached hydrogens (tertiary/aromatic N) is 2. The minimum absolute atomic E-state index is 0.0808. The summed E-state index contributed by atoms with van der Waals surface area (Å²) in [6.07, 6.45) is -0.714. The van der Waals surface area contributed by atoms with Gasteiger partial charge in [0, 0.05) is 26.2 Å². The molecule has 0 saturated heterocycles. The monoisotopic (exact) mass is 560 g/mol. The molecule has 12 heteroatoms. The number of methoxy groups -OCH3 is 1. The Kier molecular flexibility index (Phi) is 8.46. The van der Waals surface area contributed by atoms with Gasteiger partial charge in [0.25, 0.3) is 0 Å². The maximum absolute atomic E-state index is 15.0. The average molecular weight is 561 g/mol. The van der Waals surface area contributed by atoms with Crippen LogP contribution in [0.5, 0.6) is 0 Å². The van der Waals surface area contributed by atoms with Crippen LogP contribution in [-0.2, 0) is 24.5 Å². The van der Waals surface area contributed by atoms with Crippen molar-refractivity contribution in [2.75, 3.05) is 27.1 Å². The third kappa shape index (κ3) is 6.17. The molecule has 1 aromatic rings. The van der Waals surface area contributed by atoms with E-state index >= 15 is 4.39 Å². The predicted octanol–water partition coefficient (Wildman–Crippen LogP) is 5.71. The van der Waals surface area contributed by atoms with Crippen LogP contribution < -0.4 is 0 Å². The summed E-state index contributed by atoms with van der Waals surface area (Å²) in [5.74, 6) is -3.89. The van der Waals surface area contributed by atoms with Gasteiger partial charge in [0.1, 0.15) is 29.3 Å². The summed E-state index contributed by atoms with van der Waals surface area (Å²) in [5, 5.41) is -0.0808. The van der Waals surface area contributed by atoms with Crippen molar-refractivity contribution >= 4 is 37.1 Å². The highest BCUT2D eigenvalue weighted by molar-refractivity contribution is 8.15. The topological polar surface area (TPSA) is 77.4 Å². The third-order valence-corrected chi connectivity index (χ3v) is 9.45. The van der Waals surface area contributed by atoms with E-state index in [1.807, 2.05) is 0 Å². The highest BCUT2D eigenvalue weighted by atomic mass is 32.2. The second-order valence-electron chi connectivity index (χ2n) is 11.5. The summed E-state index contributed by atoms with van der Waals surface area (Å²) in [7, 11) is -0.240. The summed E-state index contributed by atoms with van der Waals surface area (Å²) >= 11 is 0.935. The minimum Gasteiger partial charge on any atom is -0.468 e. The maximum Gasteiger partial charge on any atom is 0.418 e. The molecule has 1 heterocycles. The average Bonchev–Trinajstić information content (AvgIpc) is 3.54. The van der Waals surface area contributed by atoms with E-state index in [2.05, 4.69) is 24.6 Å². The van der Waals surface area contributed by atoms with Gasteiger partial charge in [0.15, 0.2) is 16.8 Å². The van der Waals surface area contributed by atoms with Crippen LogP contribution in [0.15, 0.2) is 23.2 Å². The molecule has 37 heavy (non-hydrogen) atoms. The summed E-state index contributed by atoms with van der Waals surface area (Å²) < 4.78 is 59.3. The lowest BCUT2D eigenvalue weighted by atomic mass is 9.84. The Labute approximate surface area is 221 Å². The molecule has 3 rings (SSSR count). The van der Waals surface area contributed by atoms with Crippen molar-refractivity contribution in [1.82, 2.24) is 4.90 Å². The number of alkyl halides is 1. The molecule has 1 saturated carbocycles. The fourth-order valence-electron chi connectivity index (χ4n) is 4.22. The lowest BCUT2D eigenvalue weighted by molar-refractivity contribution is -0.141. The van der Waals surface area contributed by atoms with E-state index in [4.69, 9.17) is 14.2 Å². The fraction of sp³-hybridized carbons (Fsp3) is 0.640. The van der Waals surface area contributed by atoms with Gasteiger partial charge in [-0.3, -0.25) is 4.79 Å². The van der Waals surface area contributed by atoms with Crippen LogP contribution in [0.2, 0.25) is 25.7 Å². The van der Waals surface area contributed by atoms with Gasteiger partial charge in [-0.05, 0) is 39.3 Å². The number of esters is 1. The molecular weight excluding hydrogens is 525 g/mol. The van der Waals surface area contributed by atoms with E-state index in [1.54, 1.807) is 20.8 Å². The quantitative estimate of drug-likeness (QED) is 0.175. The second kappa shape index (κ2) is 10.6. The van der Waals surface area contributed by atoms with Crippen molar-refractivity contribution in [2.45, 2.75) is 68.8 Å². The maximum atomic E-state index is 15.0. The van der Waals surface area contributed by atoms with Crippen LogP contribution in [0.3, 0.4) is 0 Å². The van der Waals surface area contributed by atoms with Gasteiger partial charge < -0.3 is 14.2 Å². The van der Waals surface area contributed by atoms with E-state index in [-0.39, 0.29) is 23.9 Å². The summed E-state index contributed by atoms with van der Waals surface area (Å²) in [6.45, 7) is 10.5. The lowest BCUT2D eigenvalue weighted by Gasteiger charge is -2.37. The zero-order valence-corrected chi connectivity index (χ0v) is 24.1. The molecule has 0 aromatic heterocycles. The third-order valence-electron chi connectivity index (χ3n) is 6.27. The molecular formula is C25H35F3N2O5SSi. The van der Waals surface area contributed by atoms with Gasteiger partial charge in [-0.1, -0.05) is 43.5 Å². The van der Waals surface area contributed by atoms with Crippen molar-refractivity contribution in [1.29, 1.82) is 0 Å². The Morgan fingerprint density at radius 2 is 1.92 bits per heavy atom. The number of rotatable bonds is 8. The van der Waals surface area contributed by atoms with Crippen LogP contribution in [0, 0.1) is 17.6 Å². The van der Waals surface area contributed by atoms with Gasteiger partial charge in [-0.25, -0.2) is 27.9 Å². The smallest absolute Gasteiger partial charge is 0.418 e. The number of amides is 1. The molecule has 1 aromatic carbocycles. The SMILES string of the molecule is COC(=O)[C@@]12C[C@@H]1[C@@](CF)(c1cccc(F)c1F)N=C(N(COCC[Si](C)(C)C)C(=O)OC(C)(C)C)S2. The van der Waals surface area contributed by atoms with Crippen molar-refractivity contribution in [3.63, 3.8) is 0 Å². The normalized spacial score (nSPS) is 25.1. The van der Waals surface area contributed by atoms with E-state index in [0.717, 1.165) is 28.8 Å². The first-order chi connectivity index (χ1) is 17.1. The molecule has 2 aliphatic rings. The van der Waals surface area contributed by atoms with Crippen LogP contribution >= 0.6 is 11.8 Å². The summed E-state index contributed by atoms with van der Waals surface area (Å²) in [5.41, 5.74) is -3.14. The molecule has 206 valence electrons. The minimum atomic E-state index is -1.94. The number of amidine groups is 1. The molecule has 7 nitrogen and oxygen atoms in total. The Bertz CT molecular complexity index is 1080. The van der Waals surface area contributed by atoms with Crippen LogP contribution in [-0.4, -0.2) is 67.7 Å². The standard InChI is InChI=1S/C25H35F3N2O5SSi/c1-23(2,3)35-22(32)30(15-34-11-12-37(5,6)7)21-29-24(14-26,16-9-8-10-17(27)19(16)28)18-13-25(18,36-21)20(31)33-4/h8-10,18H,11-15H2,1-7H3/t18-,24-,25-/m1/s1. The summed E-state index contributed by atoms with van der Waals surface area (Å²) in [4.78, 5) is 31.8. The number of fused-ring (bicyclic) bond motifs is 1. The van der Waals surface area contributed by atoms with E-state index in [1.165, 1.54) is 19.2 Å². The first kappa shape index (κ1) is 29.5. The Morgan fingerprint density at radius 1 is 1.24 bits per heavy atom. The van der Waals surface area contributed by atoms with E-state index in [0.29, 0.717) is 6.61 Å². The molecule has 0 bridgehead atoms. The summed E-state index contributed by atoms with van der Waals surface area (Å²) in [6, 6.07) is 4.26. The number of aliphatic imine (C=N–C) groups is 1. The molecule has 3 atom stereocenters. The number of carbonyl (C=O) groups is 2. The van der Waals surface area contributed by atoms with Gasteiger partial charge in [-0.2, -0.15) is 0 Å². The molecule has 0 N–H and O–H groups in total. The molecule has 1 aliphatic carbocycles. The molecule has 0 spiro atoms. The number of thioether (sulfide) groups is 1. The zero-order valence-electron chi connectivity index (χ0n) is 22.3. The largest absolute Gasteiger partial charge is 0.468 e. The Balaban J connectivity index is 2.10. The first-order valence-electron chi connectivity index (χ1n) is 12.1. The van der Waals surface area contributed by atoms with E-state index < -0.39 is 60.3 Å². The number of hydrogen-bond donors (Lipinski definition) is 0. The molecule has 0 radical (unpaired) electrons. The van der Waals surface area contributed by atoms with Crippen molar-refractivity contribution in [2.24, 2.45) is 10.9 Å². The van der Waals surface area contributed by atoms with Crippen molar-refractivity contribution < 1.29 is 37.0 Å². The van der Waals surface area contributed by atoms with Crippen molar-refractivity contribution in [3.05, 3.63) is 35.4 Å². The number of carbonyl (C=O) groups excluding carboxylic acids is 2. The van der Waals surface area contributed by atoms with Gasteiger partial charge in [0.2, 0.25) is 0 Å². The Morgan fingerprint density at radius 3 is 2.49 bits per heavy atom. The number of benzene rings is 1. The van der Waals surface area contributed by atoms with Crippen LogP contribution in [0.4, 0.5) is 18.0 Å². The van der Waals surface area contributed by atoms with Crippen LogP contribution in [0.25, 0.3) is 0 Å². The number of hydrogen-bond acceptors (Lipinski definition) is 7. The molecule has 1 fully saturated rings. The molecule has 1 aliphatic heterocycles. The predicted molar refractivity (Wildman–Crippen MR) is 139 cm³/mol. The molecule has 0 unspecified atom stereocenters. The van der Waals surface area contributed by atoms with Gasteiger partial charge in [-0.15, -0.1) is 0 Å². The van der Waals surface area contributed by atoms with Crippen molar-refractivity contribution in [3.8, 4) is 0 Å². The Hall–Kier alpha value is -2.05. The second-order valence-corrected chi connectivity index (χ2v) is 18.5. The fourth-order valence-corrected chi connectivity index (χ4v) is 6.50.